The average Bonchev–Trinajstić information content (AvgIpc) is 3.47. The fourth-order valence-corrected chi connectivity index (χ4v) is 2.54. The molecule has 0 spiro atoms. The molecule has 0 unspecified atom stereocenters. The SMILES string of the molecule is O=C(NC1CC1)c1ccc(-c2cc(Nc3ccccc3)ncn2)cc1. The number of aromatic nitrogens is 2. The highest BCUT2D eigenvalue weighted by atomic mass is 16.1. The third-order valence-corrected chi connectivity index (χ3v) is 4.07. The first-order valence-electron chi connectivity index (χ1n) is 8.33. The molecule has 124 valence electrons. The number of nitrogens with zero attached hydrogens (tertiary/aromatic N) is 2. The number of carbonyl (C=O) groups excluding carboxylic acids is 1. The second kappa shape index (κ2) is 6.73. The van der Waals surface area contributed by atoms with Crippen LogP contribution in [0.1, 0.15) is 23.2 Å². The Morgan fingerprint density at radius 2 is 1.72 bits per heavy atom. The van der Waals surface area contributed by atoms with Crippen molar-refractivity contribution in [2.75, 3.05) is 5.32 Å². The molecule has 0 atom stereocenters. The zero-order valence-electron chi connectivity index (χ0n) is 13.6. The molecule has 5 nitrogen and oxygen atoms in total. The maximum atomic E-state index is 12.1. The molecule has 1 saturated carbocycles. The first-order chi connectivity index (χ1) is 12.3. The molecule has 0 aliphatic heterocycles. The van der Waals surface area contributed by atoms with Crippen LogP contribution in [0.2, 0.25) is 0 Å². The van der Waals surface area contributed by atoms with E-state index >= 15 is 0 Å². The van der Waals surface area contributed by atoms with Gasteiger partial charge < -0.3 is 10.6 Å². The van der Waals surface area contributed by atoms with Crippen molar-refractivity contribution >= 4 is 17.4 Å². The summed E-state index contributed by atoms with van der Waals surface area (Å²) in [6.07, 6.45) is 3.71. The summed E-state index contributed by atoms with van der Waals surface area (Å²) in [5.41, 5.74) is 3.40. The predicted molar refractivity (Wildman–Crippen MR) is 97.7 cm³/mol. The molecule has 3 aromatic rings. The highest BCUT2D eigenvalue weighted by molar-refractivity contribution is 5.95. The van der Waals surface area contributed by atoms with E-state index in [1.54, 1.807) is 0 Å². The third kappa shape index (κ3) is 3.83. The molecule has 5 heteroatoms. The summed E-state index contributed by atoms with van der Waals surface area (Å²) in [5, 5.41) is 6.25. The molecule has 1 aliphatic carbocycles. The van der Waals surface area contributed by atoms with E-state index in [9.17, 15) is 4.79 Å². The smallest absolute Gasteiger partial charge is 0.251 e. The van der Waals surface area contributed by atoms with Gasteiger partial charge in [0.2, 0.25) is 0 Å². The maximum Gasteiger partial charge on any atom is 0.251 e. The van der Waals surface area contributed by atoms with Crippen LogP contribution < -0.4 is 10.6 Å². The van der Waals surface area contributed by atoms with Gasteiger partial charge in [-0.3, -0.25) is 4.79 Å². The van der Waals surface area contributed by atoms with E-state index < -0.39 is 0 Å². The second-order valence-corrected chi connectivity index (χ2v) is 6.10. The Hall–Kier alpha value is -3.21. The van der Waals surface area contributed by atoms with Crippen LogP contribution >= 0.6 is 0 Å². The molecule has 1 amide bonds. The van der Waals surface area contributed by atoms with Gasteiger partial charge in [0.15, 0.2) is 0 Å². The minimum absolute atomic E-state index is 0.0110. The highest BCUT2D eigenvalue weighted by Crippen LogP contribution is 2.22. The molecule has 2 aromatic carbocycles. The largest absolute Gasteiger partial charge is 0.349 e. The van der Waals surface area contributed by atoms with Crippen LogP contribution in [0, 0.1) is 0 Å². The zero-order chi connectivity index (χ0) is 17.1. The summed E-state index contributed by atoms with van der Waals surface area (Å²) in [4.78, 5) is 20.6. The average molecular weight is 330 g/mol. The number of anilines is 2. The van der Waals surface area contributed by atoms with Gasteiger partial charge in [0, 0.05) is 28.9 Å². The topological polar surface area (TPSA) is 66.9 Å². The number of para-hydroxylation sites is 1. The van der Waals surface area contributed by atoms with E-state index in [4.69, 9.17) is 0 Å². The van der Waals surface area contributed by atoms with E-state index in [1.807, 2.05) is 60.7 Å². The molecular weight excluding hydrogens is 312 g/mol. The summed E-state index contributed by atoms with van der Waals surface area (Å²) < 4.78 is 0. The summed E-state index contributed by atoms with van der Waals surface area (Å²) in [7, 11) is 0. The van der Waals surface area contributed by atoms with Crippen LogP contribution in [0.25, 0.3) is 11.3 Å². The van der Waals surface area contributed by atoms with Gasteiger partial charge in [-0.05, 0) is 37.1 Å². The van der Waals surface area contributed by atoms with E-state index in [2.05, 4.69) is 20.6 Å². The first kappa shape index (κ1) is 15.3. The van der Waals surface area contributed by atoms with Gasteiger partial charge in [-0.2, -0.15) is 0 Å². The van der Waals surface area contributed by atoms with E-state index in [1.165, 1.54) is 6.33 Å². The number of nitrogens with one attached hydrogen (secondary N) is 2. The van der Waals surface area contributed by atoms with Crippen molar-refractivity contribution in [3.05, 3.63) is 72.6 Å². The molecule has 1 aliphatic rings. The normalized spacial score (nSPS) is 13.3. The third-order valence-electron chi connectivity index (χ3n) is 4.07. The minimum atomic E-state index is -0.0110. The number of benzene rings is 2. The summed E-state index contributed by atoms with van der Waals surface area (Å²) in [6, 6.07) is 19.6. The Bertz CT molecular complexity index is 874. The quantitative estimate of drug-likeness (QED) is 0.747. The monoisotopic (exact) mass is 330 g/mol. The van der Waals surface area contributed by atoms with Crippen LogP contribution in [0.15, 0.2) is 67.0 Å². The number of hydrogen-bond donors (Lipinski definition) is 2. The van der Waals surface area contributed by atoms with Crippen LogP contribution in [-0.4, -0.2) is 21.9 Å². The van der Waals surface area contributed by atoms with E-state index in [0.29, 0.717) is 11.6 Å². The van der Waals surface area contributed by atoms with Crippen molar-refractivity contribution < 1.29 is 4.79 Å². The van der Waals surface area contributed by atoms with Crippen molar-refractivity contribution in [1.29, 1.82) is 0 Å². The van der Waals surface area contributed by atoms with Crippen LogP contribution in [0.5, 0.6) is 0 Å². The fraction of sp³-hybridized carbons (Fsp3) is 0.150. The minimum Gasteiger partial charge on any atom is -0.349 e. The number of rotatable bonds is 5. The molecule has 1 fully saturated rings. The lowest BCUT2D eigenvalue weighted by molar-refractivity contribution is 0.0951. The van der Waals surface area contributed by atoms with Crippen LogP contribution in [0.3, 0.4) is 0 Å². The molecular formula is C20H18N4O. The molecule has 0 saturated heterocycles. The molecule has 1 heterocycles. The van der Waals surface area contributed by atoms with E-state index in [0.717, 1.165) is 35.6 Å². The van der Waals surface area contributed by atoms with Gasteiger partial charge in [-0.15, -0.1) is 0 Å². The van der Waals surface area contributed by atoms with Crippen molar-refractivity contribution in [3.8, 4) is 11.3 Å². The lowest BCUT2D eigenvalue weighted by Crippen LogP contribution is -2.25. The Kier molecular flexibility index (Phi) is 4.12. The maximum absolute atomic E-state index is 12.1. The second-order valence-electron chi connectivity index (χ2n) is 6.10. The Morgan fingerprint density at radius 3 is 2.44 bits per heavy atom. The molecule has 0 radical (unpaired) electrons. The van der Waals surface area contributed by atoms with Crippen LogP contribution in [-0.2, 0) is 0 Å². The van der Waals surface area contributed by atoms with Gasteiger partial charge in [0.05, 0.1) is 5.69 Å². The number of hydrogen-bond acceptors (Lipinski definition) is 4. The Labute approximate surface area is 146 Å². The van der Waals surface area contributed by atoms with Crippen molar-refractivity contribution in [3.63, 3.8) is 0 Å². The number of carbonyl (C=O) groups is 1. The first-order valence-corrected chi connectivity index (χ1v) is 8.33. The fourth-order valence-electron chi connectivity index (χ4n) is 2.54. The van der Waals surface area contributed by atoms with Crippen molar-refractivity contribution in [2.45, 2.75) is 18.9 Å². The summed E-state index contributed by atoms with van der Waals surface area (Å²) in [6.45, 7) is 0. The molecule has 2 N–H and O–H groups in total. The van der Waals surface area contributed by atoms with Gasteiger partial charge in [-0.25, -0.2) is 9.97 Å². The molecule has 4 rings (SSSR count). The zero-order valence-corrected chi connectivity index (χ0v) is 13.6. The lowest BCUT2D eigenvalue weighted by atomic mass is 10.1. The van der Waals surface area contributed by atoms with E-state index in [-0.39, 0.29) is 5.91 Å². The van der Waals surface area contributed by atoms with Gasteiger partial charge in [-0.1, -0.05) is 30.3 Å². The Balaban J connectivity index is 1.51. The van der Waals surface area contributed by atoms with Crippen LogP contribution in [0.4, 0.5) is 11.5 Å². The van der Waals surface area contributed by atoms with Gasteiger partial charge >= 0.3 is 0 Å². The standard InChI is InChI=1S/C20H18N4O/c25-20(24-17-10-11-17)15-8-6-14(7-9-15)18-12-19(22-13-21-18)23-16-4-2-1-3-5-16/h1-9,12-13,17H,10-11H2,(H,24,25)(H,21,22,23). The van der Waals surface area contributed by atoms with Crippen molar-refractivity contribution in [2.24, 2.45) is 0 Å². The van der Waals surface area contributed by atoms with Gasteiger partial charge in [0.1, 0.15) is 12.1 Å². The lowest BCUT2D eigenvalue weighted by Gasteiger charge is -2.08. The van der Waals surface area contributed by atoms with Crippen molar-refractivity contribution in [1.82, 2.24) is 15.3 Å². The number of amides is 1. The van der Waals surface area contributed by atoms with Gasteiger partial charge in [0.25, 0.3) is 5.91 Å². The predicted octanol–water partition coefficient (Wildman–Crippen LogP) is 3.78. The summed E-state index contributed by atoms with van der Waals surface area (Å²) in [5.74, 6) is 0.718. The Morgan fingerprint density at radius 1 is 0.960 bits per heavy atom. The molecule has 0 bridgehead atoms. The molecule has 25 heavy (non-hydrogen) atoms. The highest BCUT2D eigenvalue weighted by Gasteiger charge is 2.23. The summed E-state index contributed by atoms with van der Waals surface area (Å²) >= 11 is 0. The molecule has 1 aromatic heterocycles.